The van der Waals surface area contributed by atoms with E-state index in [9.17, 15) is 18.0 Å². The fourth-order valence-electron chi connectivity index (χ4n) is 3.04. The molecule has 1 aromatic carbocycles. The summed E-state index contributed by atoms with van der Waals surface area (Å²) >= 11 is 0. The molecule has 0 aliphatic rings. The van der Waals surface area contributed by atoms with Crippen molar-refractivity contribution < 1.29 is 8.42 Å². The molecular formula is C17H20N4O4S. The summed E-state index contributed by atoms with van der Waals surface area (Å²) in [6.45, 7) is 4.63. The number of H-pyrrole nitrogens is 1. The maximum absolute atomic E-state index is 12.8. The van der Waals surface area contributed by atoms with Gasteiger partial charge in [-0.2, -0.15) is 5.10 Å². The van der Waals surface area contributed by atoms with Gasteiger partial charge < -0.3 is 4.98 Å². The lowest BCUT2D eigenvalue weighted by Gasteiger charge is -2.12. The zero-order valence-electron chi connectivity index (χ0n) is 14.8. The van der Waals surface area contributed by atoms with Crippen molar-refractivity contribution in [3.05, 3.63) is 50.8 Å². The third-order valence-corrected chi connectivity index (χ3v) is 4.97. The summed E-state index contributed by atoms with van der Waals surface area (Å²) in [5.41, 5.74) is 1.71. The highest BCUT2D eigenvalue weighted by atomic mass is 32.2. The molecule has 0 atom stereocenters. The Morgan fingerprint density at radius 1 is 1.19 bits per heavy atom. The number of nitrogens with one attached hydrogen (secondary N) is 1. The van der Waals surface area contributed by atoms with Crippen LogP contribution in [0.1, 0.15) is 19.4 Å². The number of fused-ring (bicyclic) bond motifs is 1. The molecule has 0 spiro atoms. The van der Waals surface area contributed by atoms with Gasteiger partial charge in [0.05, 0.1) is 16.6 Å². The second kappa shape index (κ2) is 6.56. The number of benzene rings is 1. The number of nitrogens with zero attached hydrogens (tertiary/aromatic N) is 3. The highest BCUT2D eigenvalue weighted by Crippen LogP contribution is 2.27. The molecule has 0 fully saturated rings. The second-order valence-corrected chi connectivity index (χ2v) is 8.27. The first-order valence-electron chi connectivity index (χ1n) is 8.24. The Morgan fingerprint density at radius 2 is 1.92 bits per heavy atom. The monoisotopic (exact) mass is 376 g/mol. The third-order valence-electron chi connectivity index (χ3n) is 4.24. The highest BCUT2D eigenvalue weighted by Gasteiger charge is 2.16. The molecule has 0 aliphatic carbocycles. The van der Waals surface area contributed by atoms with Crippen molar-refractivity contribution in [2.24, 2.45) is 0 Å². The summed E-state index contributed by atoms with van der Waals surface area (Å²) in [5.74, 6) is -0.658. The van der Waals surface area contributed by atoms with E-state index in [0.717, 1.165) is 23.1 Å². The SMILES string of the molecule is CCc1cc2[nH]c(=O)n(CS(C)(=O)=O)c(=O)c2cc1-c1ccnn1CC. The summed E-state index contributed by atoms with van der Waals surface area (Å²) in [5, 5.41) is 4.53. The fourth-order valence-corrected chi connectivity index (χ4v) is 3.74. The van der Waals surface area contributed by atoms with Crippen LogP contribution in [0.3, 0.4) is 0 Å². The van der Waals surface area contributed by atoms with E-state index >= 15 is 0 Å². The maximum Gasteiger partial charge on any atom is 0.329 e. The van der Waals surface area contributed by atoms with Crippen LogP contribution in [0.25, 0.3) is 22.2 Å². The van der Waals surface area contributed by atoms with Gasteiger partial charge in [-0.3, -0.25) is 9.48 Å². The molecule has 138 valence electrons. The van der Waals surface area contributed by atoms with E-state index in [1.165, 1.54) is 0 Å². The molecule has 0 amide bonds. The Hall–Kier alpha value is -2.68. The molecule has 9 heteroatoms. The largest absolute Gasteiger partial charge is 0.329 e. The average Bonchev–Trinajstić information content (AvgIpc) is 3.05. The molecule has 0 radical (unpaired) electrons. The molecular weight excluding hydrogens is 356 g/mol. The highest BCUT2D eigenvalue weighted by molar-refractivity contribution is 7.89. The number of aromatic amines is 1. The molecule has 0 aliphatic heterocycles. The van der Waals surface area contributed by atoms with Crippen LogP contribution in [0.2, 0.25) is 0 Å². The summed E-state index contributed by atoms with van der Waals surface area (Å²) in [6, 6.07) is 5.34. The zero-order chi connectivity index (χ0) is 19.1. The van der Waals surface area contributed by atoms with E-state index < -0.39 is 27.0 Å². The second-order valence-electron chi connectivity index (χ2n) is 6.16. The minimum atomic E-state index is -3.54. The van der Waals surface area contributed by atoms with Crippen molar-refractivity contribution in [2.75, 3.05) is 6.26 Å². The first-order valence-corrected chi connectivity index (χ1v) is 10.3. The minimum Gasteiger partial charge on any atom is -0.307 e. The van der Waals surface area contributed by atoms with E-state index in [4.69, 9.17) is 0 Å². The predicted molar refractivity (Wildman–Crippen MR) is 99.9 cm³/mol. The topological polar surface area (TPSA) is 107 Å². The van der Waals surface area contributed by atoms with Crippen LogP contribution in [-0.2, 0) is 28.7 Å². The van der Waals surface area contributed by atoms with Crippen molar-refractivity contribution in [1.29, 1.82) is 0 Å². The quantitative estimate of drug-likeness (QED) is 0.718. The van der Waals surface area contributed by atoms with Crippen molar-refractivity contribution >= 4 is 20.7 Å². The Labute approximate surface area is 150 Å². The summed E-state index contributed by atoms with van der Waals surface area (Å²) in [4.78, 5) is 27.6. The van der Waals surface area contributed by atoms with E-state index in [1.807, 2.05) is 24.6 Å². The van der Waals surface area contributed by atoms with Crippen LogP contribution in [0.4, 0.5) is 0 Å². The summed E-state index contributed by atoms with van der Waals surface area (Å²) in [7, 11) is -3.54. The Morgan fingerprint density at radius 3 is 2.54 bits per heavy atom. The standard InChI is InChI=1S/C17H20N4O4S/c1-4-11-8-14-13(9-12(11)15-6-7-18-21(15)5-2)16(22)20(17(23)19-14)10-26(3,24)25/h6-9H,4-5,10H2,1-3H3,(H,19,23). The van der Waals surface area contributed by atoms with Crippen LogP contribution < -0.4 is 11.2 Å². The van der Waals surface area contributed by atoms with Crippen LogP contribution in [0.15, 0.2) is 34.0 Å². The fraction of sp³-hybridized carbons (Fsp3) is 0.353. The molecule has 0 bridgehead atoms. The lowest BCUT2D eigenvalue weighted by atomic mass is 9.99. The molecule has 26 heavy (non-hydrogen) atoms. The number of rotatable bonds is 5. The number of hydrogen-bond donors (Lipinski definition) is 1. The lowest BCUT2D eigenvalue weighted by molar-refractivity contribution is 0.584. The lowest BCUT2D eigenvalue weighted by Crippen LogP contribution is -2.37. The smallest absolute Gasteiger partial charge is 0.307 e. The summed E-state index contributed by atoms with van der Waals surface area (Å²) in [6.07, 6.45) is 3.38. The minimum absolute atomic E-state index is 0.268. The van der Waals surface area contributed by atoms with E-state index in [-0.39, 0.29) is 5.39 Å². The Kier molecular flexibility index (Phi) is 4.57. The van der Waals surface area contributed by atoms with Gasteiger partial charge in [-0.1, -0.05) is 6.92 Å². The number of hydrogen-bond acceptors (Lipinski definition) is 5. The van der Waals surface area contributed by atoms with E-state index in [1.54, 1.807) is 18.3 Å². The average molecular weight is 376 g/mol. The van der Waals surface area contributed by atoms with Crippen molar-refractivity contribution in [2.45, 2.75) is 32.7 Å². The van der Waals surface area contributed by atoms with Crippen LogP contribution in [0.5, 0.6) is 0 Å². The maximum atomic E-state index is 12.8. The van der Waals surface area contributed by atoms with Crippen LogP contribution in [-0.4, -0.2) is 34.0 Å². The number of aryl methyl sites for hydroxylation is 2. The van der Waals surface area contributed by atoms with Gasteiger partial charge >= 0.3 is 5.69 Å². The molecule has 0 unspecified atom stereocenters. The first-order chi connectivity index (χ1) is 12.2. The zero-order valence-corrected chi connectivity index (χ0v) is 15.6. The first kappa shape index (κ1) is 18.1. The third kappa shape index (κ3) is 3.22. The van der Waals surface area contributed by atoms with Crippen molar-refractivity contribution in [1.82, 2.24) is 19.3 Å². The van der Waals surface area contributed by atoms with Gasteiger partial charge in [-0.15, -0.1) is 0 Å². The molecule has 1 N–H and O–H groups in total. The molecule has 0 saturated heterocycles. The van der Waals surface area contributed by atoms with Gasteiger partial charge in [0.15, 0.2) is 9.84 Å². The molecule has 0 saturated carbocycles. The van der Waals surface area contributed by atoms with Gasteiger partial charge in [0, 0.05) is 24.6 Å². The summed E-state index contributed by atoms with van der Waals surface area (Å²) < 4.78 is 25.6. The number of aromatic nitrogens is 4. The van der Waals surface area contributed by atoms with Crippen LogP contribution >= 0.6 is 0 Å². The van der Waals surface area contributed by atoms with Gasteiger partial charge in [0.25, 0.3) is 5.56 Å². The van der Waals surface area contributed by atoms with E-state index in [0.29, 0.717) is 23.0 Å². The van der Waals surface area contributed by atoms with Gasteiger partial charge in [0.1, 0.15) is 5.88 Å². The predicted octanol–water partition coefficient (Wildman–Crippen LogP) is 1.14. The Bertz CT molecular complexity index is 1200. The van der Waals surface area contributed by atoms with Gasteiger partial charge in [0.2, 0.25) is 0 Å². The van der Waals surface area contributed by atoms with Crippen molar-refractivity contribution in [3.63, 3.8) is 0 Å². The molecule has 2 heterocycles. The van der Waals surface area contributed by atoms with Crippen LogP contribution in [0, 0.1) is 0 Å². The van der Waals surface area contributed by atoms with Crippen molar-refractivity contribution in [3.8, 4) is 11.3 Å². The normalized spacial score (nSPS) is 12.0. The van der Waals surface area contributed by atoms with Gasteiger partial charge in [-0.25, -0.2) is 17.8 Å². The number of sulfone groups is 1. The molecule has 3 rings (SSSR count). The molecule has 3 aromatic rings. The van der Waals surface area contributed by atoms with Gasteiger partial charge in [-0.05, 0) is 37.1 Å². The molecule has 8 nitrogen and oxygen atoms in total. The molecule has 2 aromatic heterocycles. The van der Waals surface area contributed by atoms with E-state index in [2.05, 4.69) is 10.1 Å². The Balaban J connectivity index is 2.35.